The summed E-state index contributed by atoms with van der Waals surface area (Å²) in [5, 5.41) is 7.12. The third-order valence-corrected chi connectivity index (χ3v) is 8.32. The molecule has 8 heteroatoms. The van der Waals surface area contributed by atoms with Gasteiger partial charge < -0.3 is 10.6 Å². The first kappa shape index (κ1) is 16.9. The third kappa shape index (κ3) is 3.07. The molecule has 1 saturated carbocycles. The van der Waals surface area contributed by atoms with Gasteiger partial charge in [0, 0.05) is 17.9 Å². The number of anilines is 1. The SMILES string of the molecule is CS(=O)(=O)C1(C(=O)Nc2ccc3nc(C4CC4)sc3c2)CCNCC1. The average molecular weight is 380 g/mol. The lowest BCUT2D eigenvalue weighted by Gasteiger charge is -2.34. The number of sulfone groups is 1. The number of aromatic nitrogens is 1. The highest BCUT2D eigenvalue weighted by Gasteiger charge is 2.48. The van der Waals surface area contributed by atoms with Gasteiger partial charge in [0.15, 0.2) is 14.6 Å². The molecule has 2 heterocycles. The van der Waals surface area contributed by atoms with Gasteiger partial charge >= 0.3 is 0 Å². The summed E-state index contributed by atoms with van der Waals surface area (Å²) in [5.41, 5.74) is 1.56. The van der Waals surface area contributed by atoms with Crippen molar-refractivity contribution >= 4 is 43.0 Å². The molecule has 4 rings (SSSR count). The minimum Gasteiger partial charge on any atom is -0.325 e. The molecule has 0 radical (unpaired) electrons. The number of benzene rings is 1. The Kier molecular flexibility index (Phi) is 4.09. The lowest BCUT2D eigenvalue weighted by molar-refractivity contribution is -0.119. The second-order valence-electron chi connectivity index (χ2n) is 6.98. The van der Waals surface area contributed by atoms with Crippen molar-refractivity contribution < 1.29 is 13.2 Å². The van der Waals surface area contributed by atoms with Crippen LogP contribution in [0.15, 0.2) is 18.2 Å². The van der Waals surface area contributed by atoms with Crippen LogP contribution in [0.5, 0.6) is 0 Å². The Morgan fingerprint density at radius 3 is 2.68 bits per heavy atom. The predicted molar refractivity (Wildman–Crippen MR) is 99.9 cm³/mol. The first-order valence-electron chi connectivity index (χ1n) is 8.51. The van der Waals surface area contributed by atoms with Crippen LogP contribution in [0, 0.1) is 0 Å². The van der Waals surface area contributed by atoms with Crippen molar-refractivity contribution in [3.63, 3.8) is 0 Å². The Labute approximate surface area is 150 Å². The first-order valence-corrected chi connectivity index (χ1v) is 11.2. The van der Waals surface area contributed by atoms with Gasteiger partial charge in [-0.15, -0.1) is 11.3 Å². The molecule has 2 fully saturated rings. The highest BCUT2D eigenvalue weighted by atomic mass is 32.2. The number of piperidine rings is 1. The number of rotatable bonds is 4. The molecule has 2 aliphatic rings. The van der Waals surface area contributed by atoms with Crippen molar-refractivity contribution in [3.05, 3.63) is 23.2 Å². The molecule has 1 aromatic carbocycles. The maximum Gasteiger partial charge on any atom is 0.245 e. The molecule has 6 nitrogen and oxygen atoms in total. The fourth-order valence-electron chi connectivity index (χ4n) is 3.37. The van der Waals surface area contributed by atoms with Crippen molar-refractivity contribution in [2.24, 2.45) is 0 Å². The maximum absolute atomic E-state index is 12.9. The summed E-state index contributed by atoms with van der Waals surface area (Å²) in [6.07, 6.45) is 4.16. The van der Waals surface area contributed by atoms with Gasteiger partial charge in [-0.1, -0.05) is 0 Å². The molecule has 1 aliphatic heterocycles. The topological polar surface area (TPSA) is 88.2 Å². The van der Waals surface area contributed by atoms with Gasteiger partial charge in [-0.3, -0.25) is 4.79 Å². The number of carbonyl (C=O) groups excluding carboxylic acids is 1. The lowest BCUT2D eigenvalue weighted by Crippen LogP contribution is -2.55. The van der Waals surface area contributed by atoms with E-state index >= 15 is 0 Å². The van der Waals surface area contributed by atoms with E-state index in [1.807, 2.05) is 12.1 Å². The number of hydrogen-bond acceptors (Lipinski definition) is 6. The lowest BCUT2D eigenvalue weighted by atomic mass is 9.95. The molecular weight excluding hydrogens is 358 g/mol. The van der Waals surface area contributed by atoms with E-state index in [4.69, 9.17) is 0 Å². The Hall–Kier alpha value is -1.51. The molecule has 2 N–H and O–H groups in total. The third-order valence-electron chi connectivity index (χ3n) is 5.12. The monoisotopic (exact) mass is 379 g/mol. The van der Waals surface area contributed by atoms with Gasteiger partial charge in [-0.05, 0) is 57.0 Å². The van der Waals surface area contributed by atoms with Crippen LogP contribution in [-0.4, -0.2) is 43.4 Å². The average Bonchev–Trinajstić information content (AvgIpc) is 3.34. The summed E-state index contributed by atoms with van der Waals surface area (Å²) < 4.78 is 24.4. The van der Waals surface area contributed by atoms with E-state index in [0.29, 0.717) is 37.5 Å². The normalized spacial score (nSPS) is 20.5. The molecule has 2 aromatic rings. The van der Waals surface area contributed by atoms with E-state index in [-0.39, 0.29) is 0 Å². The predicted octanol–water partition coefficient (Wildman–Crippen LogP) is 2.28. The van der Waals surface area contributed by atoms with Crippen molar-refractivity contribution in [1.82, 2.24) is 10.3 Å². The molecule has 0 bridgehead atoms. The van der Waals surface area contributed by atoms with Crippen molar-refractivity contribution in [2.45, 2.75) is 36.3 Å². The Balaban J connectivity index is 1.61. The van der Waals surface area contributed by atoms with E-state index in [1.165, 1.54) is 12.8 Å². The smallest absolute Gasteiger partial charge is 0.245 e. The van der Waals surface area contributed by atoms with Gasteiger partial charge in [-0.25, -0.2) is 13.4 Å². The maximum atomic E-state index is 12.9. The van der Waals surface area contributed by atoms with Crippen molar-refractivity contribution in [3.8, 4) is 0 Å². The van der Waals surface area contributed by atoms with Crippen LogP contribution in [0.4, 0.5) is 5.69 Å². The Morgan fingerprint density at radius 1 is 1.32 bits per heavy atom. The molecule has 0 spiro atoms. The van der Waals surface area contributed by atoms with Gasteiger partial charge in [-0.2, -0.15) is 0 Å². The van der Waals surface area contributed by atoms with Crippen LogP contribution in [0.3, 0.4) is 0 Å². The highest BCUT2D eigenvalue weighted by Crippen LogP contribution is 2.43. The minimum atomic E-state index is -3.51. The van der Waals surface area contributed by atoms with Crippen LogP contribution in [0.1, 0.15) is 36.6 Å². The van der Waals surface area contributed by atoms with Crippen LogP contribution in [0.2, 0.25) is 0 Å². The summed E-state index contributed by atoms with van der Waals surface area (Å²) in [7, 11) is -3.51. The summed E-state index contributed by atoms with van der Waals surface area (Å²) in [6.45, 7) is 1.05. The first-order chi connectivity index (χ1) is 11.9. The number of hydrogen-bond donors (Lipinski definition) is 2. The molecule has 1 saturated heterocycles. The fraction of sp³-hybridized carbons (Fsp3) is 0.529. The molecule has 0 unspecified atom stereocenters. The molecule has 25 heavy (non-hydrogen) atoms. The number of amides is 1. The van der Waals surface area contributed by atoms with Crippen LogP contribution < -0.4 is 10.6 Å². The number of fused-ring (bicyclic) bond motifs is 1. The van der Waals surface area contributed by atoms with E-state index < -0.39 is 20.5 Å². The molecular formula is C17H21N3O3S2. The van der Waals surface area contributed by atoms with Gasteiger partial charge in [0.05, 0.1) is 15.2 Å². The van der Waals surface area contributed by atoms with E-state index in [1.54, 1.807) is 17.4 Å². The highest BCUT2D eigenvalue weighted by molar-refractivity contribution is 7.92. The molecule has 134 valence electrons. The Bertz CT molecular complexity index is 926. The summed E-state index contributed by atoms with van der Waals surface area (Å²) in [6, 6.07) is 5.59. The largest absolute Gasteiger partial charge is 0.325 e. The fourth-order valence-corrected chi connectivity index (χ4v) is 5.88. The summed E-state index contributed by atoms with van der Waals surface area (Å²) in [4.78, 5) is 17.5. The van der Waals surface area contributed by atoms with Crippen LogP contribution >= 0.6 is 11.3 Å². The zero-order valence-electron chi connectivity index (χ0n) is 14.0. The molecule has 0 atom stereocenters. The second-order valence-corrected chi connectivity index (χ2v) is 10.4. The second kappa shape index (κ2) is 6.03. The van der Waals surface area contributed by atoms with Crippen LogP contribution in [0.25, 0.3) is 10.2 Å². The standard InChI is InChI=1S/C17H21N3O3S2/c1-25(22,23)17(6-8-18-9-7-17)16(21)19-12-4-5-13-14(10-12)24-15(20-13)11-2-3-11/h4-5,10-11,18H,2-3,6-9H2,1H3,(H,19,21). The van der Waals surface area contributed by atoms with Crippen molar-refractivity contribution in [1.29, 1.82) is 0 Å². The van der Waals surface area contributed by atoms with Crippen LogP contribution in [-0.2, 0) is 14.6 Å². The molecule has 1 aromatic heterocycles. The molecule has 1 amide bonds. The summed E-state index contributed by atoms with van der Waals surface area (Å²) >= 11 is 1.66. The number of nitrogens with one attached hydrogen (secondary N) is 2. The van der Waals surface area contributed by atoms with Gasteiger partial charge in [0.25, 0.3) is 0 Å². The van der Waals surface area contributed by atoms with Gasteiger partial charge in [0.1, 0.15) is 0 Å². The van der Waals surface area contributed by atoms with E-state index in [0.717, 1.165) is 21.5 Å². The van der Waals surface area contributed by atoms with E-state index in [2.05, 4.69) is 15.6 Å². The number of thiazole rings is 1. The zero-order chi connectivity index (χ0) is 17.7. The van der Waals surface area contributed by atoms with Crippen molar-refractivity contribution in [2.75, 3.05) is 24.7 Å². The van der Waals surface area contributed by atoms with E-state index in [9.17, 15) is 13.2 Å². The van der Waals surface area contributed by atoms with Gasteiger partial charge in [0.2, 0.25) is 5.91 Å². The quantitative estimate of drug-likeness (QED) is 0.851. The summed E-state index contributed by atoms with van der Waals surface area (Å²) in [5.74, 6) is 0.168. The molecule has 1 aliphatic carbocycles. The number of carbonyl (C=O) groups is 1. The minimum absolute atomic E-state index is 0.298. The number of nitrogens with zero attached hydrogens (tertiary/aromatic N) is 1. The Morgan fingerprint density at radius 2 is 2.04 bits per heavy atom. The zero-order valence-corrected chi connectivity index (χ0v) is 15.7.